The lowest BCUT2D eigenvalue weighted by Crippen LogP contribution is -2.25. The summed E-state index contributed by atoms with van der Waals surface area (Å²) in [4.78, 5) is 15.8. The molecular formula is C57H34N4S. The zero-order valence-corrected chi connectivity index (χ0v) is 34.1. The van der Waals surface area contributed by atoms with Crippen molar-refractivity contribution >= 4 is 61.5 Å². The largest absolute Gasteiger partial charge is 0.308 e. The molecule has 9 aromatic carbocycles. The number of benzene rings is 9. The number of anilines is 3. The van der Waals surface area contributed by atoms with E-state index in [4.69, 9.17) is 9.97 Å². The predicted molar refractivity (Wildman–Crippen MR) is 254 cm³/mol. The van der Waals surface area contributed by atoms with Crippen LogP contribution in [0.4, 0.5) is 17.1 Å². The van der Waals surface area contributed by atoms with E-state index in [0.29, 0.717) is 5.82 Å². The van der Waals surface area contributed by atoms with Crippen LogP contribution in [0.25, 0.3) is 72.2 Å². The molecule has 4 nitrogen and oxygen atoms in total. The summed E-state index contributed by atoms with van der Waals surface area (Å²) in [7, 11) is 0. The fourth-order valence-electron chi connectivity index (χ4n) is 10.9. The van der Waals surface area contributed by atoms with Crippen LogP contribution in [0.2, 0.25) is 0 Å². The predicted octanol–water partition coefficient (Wildman–Crippen LogP) is 14.7. The monoisotopic (exact) mass is 806 g/mol. The third kappa shape index (κ3) is 4.42. The fraction of sp³-hybridized carbons (Fsp3) is 0.0175. The number of hydrogen-bond acceptors (Lipinski definition) is 4. The maximum absolute atomic E-state index is 5.60. The summed E-state index contributed by atoms with van der Waals surface area (Å²) in [6.07, 6.45) is 0. The highest BCUT2D eigenvalue weighted by Crippen LogP contribution is 2.63. The van der Waals surface area contributed by atoms with Gasteiger partial charge in [0, 0.05) is 37.2 Å². The second kappa shape index (κ2) is 12.6. The van der Waals surface area contributed by atoms with Crippen LogP contribution < -0.4 is 4.90 Å². The Morgan fingerprint density at radius 1 is 0.435 bits per heavy atom. The summed E-state index contributed by atoms with van der Waals surface area (Å²) in [5.41, 5.74) is 17.6. The van der Waals surface area contributed by atoms with Gasteiger partial charge in [-0.2, -0.15) is 0 Å². The topological polar surface area (TPSA) is 34.0 Å². The number of fused-ring (bicyclic) bond motifs is 17. The van der Waals surface area contributed by atoms with Crippen molar-refractivity contribution in [1.82, 2.24) is 14.5 Å². The van der Waals surface area contributed by atoms with Crippen molar-refractivity contribution in [3.8, 4) is 39.5 Å². The van der Waals surface area contributed by atoms with E-state index in [2.05, 4.69) is 216 Å². The van der Waals surface area contributed by atoms with E-state index in [1.165, 1.54) is 76.4 Å². The van der Waals surface area contributed by atoms with Gasteiger partial charge in [0.05, 0.1) is 33.3 Å². The van der Waals surface area contributed by atoms with E-state index in [1.54, 1.807) is 0 Å². The summed E-state index contributed by atoms with van der Waals surface area (Å²) in [6, 6.07) is 75.1. The number of aromatic nitrogens is 3. The summed E-state index contributed by atoms with van der Waals surface area (Å²) in [5.74, 6) is 1.57. The fourth-order valence-corrected chi connectivity index (χ4v) is 12.2. The molecule has 1 aliphatic heterocycles. The Kier molecular flexibility index (Phi) is 6.94. The SMILES string of the molecule is c1ccc(N2c3ccccc3Sc3c2ccc2c3c3ccccc3n2-c2nc(-c3ccc4c(c3)-c3ccccc3C43c4ccccc4-c4ccccc43)nc3ccccc23)cc1. The number of rotatable bonds is 3. The molecule has 3 heterocycles. The van der Waals surface area contributed by atoms with Crippen LogP contribution in [0.3, 0.4) is 0 Å². The molecule has 288 valence electrons. The van der Waals surface area contributed by atoms with Crippen LogP contribution in [0.1, 0.15) is 22.3 Å². The molecule has 0 unspecified atom stereocenters. The summed E-state index contributed by atoms with van der Waals surface area (Å²) in [6.45, 7) is 0. The van der Waals surface area contributed by atoms with Crippen molar-refractivity contribution in [3.63, 3.8) is 0 Å². The van der Waals surface area contributed by atoms with E-state index in [-0.39, 0.29) is 0 Å². The highest BCUT2D eigenvalue weighted by atomic mass is 32.2. The smallest absolute Gasteiger partial charge is 0.162 e. The number of para-hydroxylation sites is 4. The van der Waals surface area contributed by atoms with Gasteiger partial charge in [0.25, 0.3) is 0 Å². The molecule has 0 amide bonds. The lowest BCUT2D eigenvalue weighted by molar-refractivity contribution is 0.794. The van der Waals surface area contributed by atoms with E-state index in [9.17, 15) is 0 Å². The van der Waals surface area contributed by atoms with Crippen LogP contribution in [-0.4, -0.2) is 14.5 Å². The summed E-state index contributed by atoms with van der Waals surface area (Å²) in [5, 5.41) is 3.42. The molecule has 0 radical (unpaired) electrons. The second-order valence-electron chi connectivity index (χ2n) is 16.4. The lowest BCUT2D eigenvalue weighted by Gasteiger charge is -2.33. The molecule has 0 atom stereocenters. The van der Waals surface area contributed by atoms with E-state index >= 15 is 0 Å². The minimum absolute atomic E-state index is 0.399. The molecule has 0 saturated carbocycles. The van der Waals surface area contributed by atoms with Gasteiger partial charge >= 0.3 is 0 Å². The molecule has 1 spiro atoms. The Bertz CT molecular complexity index is 3650. The number of hydrogen-bond donors (Lipinski definition) is 0. The Balaban J connectivity index is 1.00. The van der Waals surface area contributed by atoms with Crippen LogP contribution >= 0.6 is 11.8 Å². The van der Waals surface area contributed by atoms with E-state index in [0.717, 1.165) is 39.0 Å². The standard InChI is InChI=1S/C57H34N4S/c1-2-16-36(17-3-1)60-49-28-14-15-29-52(49)62-54-51(60)33-32-50-53(54)41-22-8-13-27-48(41)61(50)56-40-21-7-12-26-47(40)58-55(59-56)35-30-31-46-42(34-35)39-20-6-11-25-45(39)57(46)43-23-9-4-18-37(43)38-19-5-10-24-44(38)57/h1-34H. The first-order chi connectivity index (χ1) is 30.8. The Morgan fingerprint density at radius 2 is 1.05 bits per heavy atom. The van der Waals surface area contributed by atoms with Crippen LogP contribution in [0.15, 0.2) is 216 Å². The molecule has 0 saturated heterocycles. The van der Waals surface area contributed by atoms with Crippen LogP contribution in [0, 0.1) is 0 Å². The zero-order chi connectivity index (χ0) is 40.5. The Hall–Kier alpha value is -7.73. The van der Waals surface area contributed by atoms with Crippen molar-refractivity contribution < 1.29 is 0 Å². The van der Waals surface area contributed by atoms with Gasteiger partial charge in [-0.05, 0) is 105 Å². The molecule has 62 heavy (non-hydrogen) atoms. The first-order valence-electron chi connectivity index (χ1n) is 21.2. The summed E-state index contributed by atoms with van der Waals surface area (Å²) < 4.78 is 2.37. The molecule has 2 aromatic heterocycles. The van der Waals surface area contributed by atoms with E-state index < -0.39 is 5.41 Å². The van der Waals surface area contributed by atoms with Crippen LogP contribution in [0.5, 0.6) is 0 Å². The van der Waals surface area contributed by atoms with Crippen molar-refractivity contribution in [2.45, 2.75) is 15.2 Å². The molecule has 3 aliphatic rings. The molecule has 5 heteroatoms. The van der Waals surface area contributed by atoms with Crippen LogP contribution in [-0.2, 0) is 5.41 Å². The zero-order valence-electron chi connectivity index (χ0n) is 33.3. The van der Waals surface area contributed by atoms with E-state index in [1.807, 2.05) is 11.8 Å². The van der Waals surface area contributed by atoms with Gasteiger partial charge in [0.2, 0.25) is 0 Å². The minimum Gasteiger partial charge on any atom is -0.308 e. The molecule has 0 N–H and O–H groups in total. The average molecular weight is 807 g/mol. The molecular weight excluding hydrogens is 773 g/mol. The van der Waals surface area contributed by atoms with Gasteiger partial charge < -0.3 is 4.90 Å². The Labute approximate surface area is 362 Å². The maximum Gasteiger partial charge on any atom is 0.162 e. The third-order valence-corrected chi connectivity index (χ3v) is 14.6. The van der Waals surface area contributed by atoms with Crippen molar-refractivity contribution in [2.75, 3.05) is 4.90 Å². The van der Waals surface area contributed by atoms with Crippen molar-refractivity contribution in [3.05, 3.63) is 229 Å². The van der Waals surface area contributed by atoms with Gasteiger partial charge in [0.15, 0.2) is 5.82 Å². The van der Waals surface area contributed by atoms with Gasteiger partial charge in [-0.15, -0.1) is 0 Å². The van der Waals surface area contributed by atoms with Gasteiger partial charge in [-0.25, -0.2) is 9.97 Å². The summed E-state index contributed by atoms with van der Waals surface area (Å²) >= 11 is 1.85. The quantitative estimate of drug-likeness (QED) is 0.178. The van der Waals surface area contributed by atoms with Gasteiger partial charge in [-0.1, -0.05) is 157 Å². The average Bonchev–Trinajstić information content (AvgIpc) is 3.95. The highest BCUT2D eigenvalue weighted by Gasteiger charge is 2.51. The molecule has 2 aliphatic carbocycles. The molecule has 0 fully saturated rings. The first-order valence-corrected chi connectivity index (χ1v) is 22.0. The van der Waals surface area contributed by atoms with Crippen molar-refractivity contribution in [2.24, 2.45) is 0 Å². The van der Waals surface area contributed by atoms with Crippen molar-refractivity contribution in [1.29, 1.82) is 0 Å². The molecule has 0 bridgehead atoms. The third-order valence-electron chi connectivity index (χ3n) is 13.4. The molecule has 11 aromatic rings. The highest BCUT2D eigenvalue weighted by molar-refractivity contribution is 8.00. The molecule has 14 rings (SSSR count). The van der Waals surface area contributed by atoms with Gasteiger partial charge in [0.1, 0.15) is 5.82 Å². The van der Waals surface area contributed by atoms with Gasteiger partial charge in [-0.3, -0.25) is 4.57 Å². The number of nitrogens with zero attached hydrogens (tertiary/aromatic N) is 4. The Morgan fingerprint density at radius 3 is 1.82 bits per heavy atom. The lowest BCUT2D eigenvalue weighted by atomic mass is 9.70. The first kappa shape index (κ1) is 34.0. The normalized spacial score (nSPS) is 13.8. The second-order valence-corrected chi connectivity index (χ2v) is 17.5. The maximum atomic E-state index is 5.60. The minimum atomic E-state index is -0.399.